The van der Waals surface area contributed by atoms with Crippen LogP contribution in [0.3, 0.4) is 0 Å². The third-order valence-electron chi connectivity index (χ3n) is 5.42. The number of aryl methyl sites for hydroxylation is 1. The number of hydrogen-bond acceptors (Lipinski definition) is 5. The van der Waals surface area contributed by atoms with Crippen LogP contribution in [0.5, 0.6) is 0 Å². The van der Waals surface area contributed by atoms with E-state index in [4.69, 9.17) is 0 Å². The average Bonchev–Trinajstić information content (AvgIpc) is 2.78. The van der Waals surface area contributed by atoms with E-state index in [0.29, 0.717) is 22.0 Å². The standard InChI is InChI=1S/C24H19N5O4/c1-14(2)28-21-12-18-6-4-5-9-27(18)24(31)19(21)10-17(13-25)22(28)26-23(30)16-8-7-15(3)20(11-16)29(32)33/h4-12,14H,1-3H3. The first kappa shape index (κ1) is 21.6. The number of nitro groups is 1. The summed E-state index contributed by atoms with van der Waals surface area (Å²) in [4.78, 5) is 41.0. The Morgan fingerprint density at radius 2 is 1.94 bits per heavy atom. The number of hydrogen-bond donors (Lipinski definition) is 0. The summed E-state index contributed by atoms with van der Waals surface area (Å²) in [6.45, 7) is 5.29. The van der Waals surface area contributed by atoms with E-state index in [9.17, 15) is 25.0 Å². The molecule has 0 saturated carbocycles. The molecule has 0 saturated heterocycles. The van der Waals surface area contributed by atoms with Gasteiger partial charge in [-0.25, -0.2) is 0 Å². The number of pyridine rings is 3. The Kier molecular flexibility index (Phi) is 5.35. The Hall–Kier alpha value is -4.58. The molecule has 1 amide bonds. The second-order valence-electron chi connectivity index (χ2n) is 7.88. The van der Waals surface area contributed by atoms with Crippen LogP contribution in [0.25, 0.3) is 16.4 Å². The van der Waals surface area contributed by atoms with Gasteiger partial charge < -0.3 is 4.57 Å². The van der Waals surface area contributed by atoms with E-state index >= 15 is 0 Å². The molecule has 0 fully saturated rings. The summed E-state index contributed by atoms with van der Waals surface area (Å²) >= 11 is 0. The highest BCUT2D eigenvalue weighted by atomic mass is 16.6. The Morgan fingerprint density at radius 1 is 1.18 bits per heavy atom. The van der Waals surface area contributed by atoms with Crippen LogP contribution in [0.2, 0.25) is 0 Å². The summed E-state index contributed by atoms with van der Waals surface area (Å²) in [5.74, 6) is -0.721. The van der Waals surface area contributed by atoms with Crippen molar-refractivity contribution in [3.8, 4) is 6.07 Å². The van der Waals surface area contributed by atoms with E-state index in [2.05, 4.69) is 4.99 Å². The predicted octanol–water partition coefficient (Wildman–Crippen LogP) is 3.66. The van der Waals surface area contributed by atoms with Gasteiger partial charge in [-0.2, -0.15) is 10.3 Å². The van der Waals surface area contributed by atoms with Gasteiger partial charge in [0, 0.05) is 29.4 Å². The molecule has 0 radical (unpaired) electrons. The van der Waals surface area contributed by atoms with Gasteiger partial charge in [0.25, 0.3) is 17.2 Å². The van der Waals surface area contributed by atoms with Crippen molar-refractivity contribution >= 4 is 28.0 Å². The number of nitriles is 1. The molecule has 0 atom stereocenters. The summed E-state index contributed by atoms with van der Waals surface area (Å²) in [7, 11) is 0. The second kappa shape index (κ2) is 8.16. The number of nitro benzene ring substituents is 1. The summed E-state index contributed by atoms with van der Waals surface area (Å²) < 4.78 is 3.16. The van der Waals surface area contributed by atoms with Crippen LogP contribution >= 0.6 is 0 Å². The lowest BCUT2D eigenvalue weighted by Crippen LogP contribution is -2.29. The van der Waals surface area contributed by atoms with Gasteiger partial charge >= 0.3 is 0 Å². The van der Waals surface area contributed by atoms with Crippen LogP contribution in [0.1, 0.15) is 41.4 Å². The number of carbonyl (C=O) groups is 1. The lowest BCUT2D eigenvalue weighted by Gasteiger charge is -2.17. The van der Waals surface area contributed by atoms with Crippen molar-refractivity contribution in [2.45, 2.75) is 26.8 Å². The van der Waals surface area contributed by atoms with Crippen LogP contribution in [0, 0.1) is 28.4 Å². The summed E-state index contributed by atoms with van der Waals surface area (Å²) in [6, 6.07) is 14.5. The van der Waals surface area contributed by atoms with Gasteiger partial charge in [-0.3, -0.25) is 24.1 Å². The molecule has 4 aromatic rings. The third kappa shape index (κ3) is 3.68. The Bertz CT molecular complexity index is 1640. The monoisotopic (exact) mass is 441 g/mol. The zero-order valence-electron chi connectivity index (χ0n) is 18.1. The lowest BCUT2D eigenvalue weighted by molar-refractivity contribution is -0.385. The second-order valence-corrected chi connectivity index (χ2v) is 7.88. The van der Waals surface area contributed by atoms with E-state index in [1.54, 1.807) is 35.9 Å². The molecule has 0 spiro atoms. The molecular weight excluding hydrogens is 422 g/mol. The minimum absolute atomic E-state index is 0.0326. The normalized spacial score (nSPS) is 11.8. The highest BCUT2D eigenvalue weighted by Crippen LogP contribution is 2.20. The Labute approximate surface area is 187 Å². The van der Waals surface area contributed by atoms with Crippen LogP contribution in [0.4, 0.5) is 5.69 Å². The van der Waals surface area contributed by atoms with Crippen molar-refractivity contribution in [3.05, 3.63) is 97.4 Å². The fourth-order valence-electron chi connectivity index (χ4n) is 3.82. The fourth-order valence-corrected chi connectivity index (χ4v) is 3.82. The molecule has 9 nitrogen and oxygen atoms in total. The average molecular weight is 441 g/mol. The van der Waals surface area contributed by atoms with E-state index in [1.807, 2.05) is 26.0 Å². The Balaban J connectivity index is 2.07. The zero-order chi connectivity index (χ0) is 23.9. The van der Waals surface area contributed by atoms with E-state index < -0.39 is 10.8 Å². The molecule has 0 bridgehead atoms. The van der Waals surface area contributed by atoms with Gasteiger partial charge in [-0.15, -0.1) is 0 Å². The molecule has 164 valence electrons. The van der Waals surface area contributed by atoms with Gasteiger partial charge in [0.05, 0.1) is 26.9 Å². The number of nitrogens with zero attached hydrogens (tertiary/aromatic N) is 5. The van der Waals surface area contributed by atoms with Gasteiger partial charge in [-0.1, -0.05) is 12.1 Å². The van der Waals surface area contributed by atoms with Gasteiger partial charge in [0.15, 0.2) is 5.49 Å². The van der Waals surface area contributed by atoms with Gasteiger partial charge in [0.2, 0.25) is 0 Å². The number of benzene rings is 1. The molecule has 0 aliphatic carbocycles. The molecule has 3 heterocycles. The Morgan fingerprint density at radius 3 is 2.61 bits per heavy atom. The summed E-state index contributed by atoms with van der Waals surface area (Å²) in [6.07, 6.45) is 1.65. The smallest absolute Gasteiger partial charge is 0.279 e. The summed E-state index contributed by atoms with van der Waals surface area (Å²) in [5.41, 5.74) is 1.30. The maximum absolute atomic E-state index is 13.1. The van der Waals surface area contributed by atoms with Crippen molar-refractivity contribution in [3.63, 3.8) is 0 Å². The van der Waals surface area contributed by atoms with E-state index in [-0.39, 0.29) is 33.9 Å². The molecule has 0 aliphatic heterocycles. The molecule has 9 heteroatoms. The van der Waals surface area contributed by atoms with Crippen molar-refractivity contribution in [2.24, 2.45) is 4.99 Å². The van der Waals surface area contributed by atoms with Crippen molar-refractivity contribution < 1.29 is 9.72 Å². The summed E-state index contributed by atoms with van der Waals surface area (Å²) in [5, 5.41) is 21.4. The number of amides is 1. The molecule has 0 unspecified atom stereocenters. The van der Waals surface area contributed by atoms with Crippen LogP contribution < -0.4 is 11.0 Å². The maximum Gasteiger partial charge on any atom is 0.279 e. The van der Waals surface area contributed by atoms with E-state index in [1.165, 1.54) is 28.7 Å². The molecular formula is C24H19N5O4. The van der Waals surface area contributed by atoms with Gasteiger partial charge in [0.1, 0.15) is 6.07 Å². The first-order valence-corrected chi connectivity index (χ1v) is 10.2. The molecule has 33 heavy (non-hydrogen) atoms. The molecule has 3 aromatic heterocycles. The number of fused-ring (bicyclic) bond motifs is 2. The minimum Gasteiger partial charge on any atom is -0.322 e. The number of aromatic nitrogens is 2. The first-order chi connectivity index (χ1) is 15.7. The highest BCUT2D eigenvalue weighted by molar-refractivity contribution is 5.96. The number of carbonyl (C=O) groups excluding carboxylic acids is 1. The largest absolute Gasteiger partial charge is 0.322 e. The molecule has 1 aromatic carbocycles. The van der Waals surface area contributed by atoms with Crippen LogP contribution in [0.15, 0.2) is 64.5 Å². The highest BCUT2D eigenvalue weighted by Gasteiger charge is 2.18. The topological polar surface area (TPSA) is 123 Å². The maximum atomic E-state index is 13.1. The van der Waals surface area contributed by atoms with Crippen molar-refractivity contribution in [1.82, 2.24) is 8.97 Å². The molecule has 0 aliphatic rings. The SMILES string of the molecule is Cc1ccc(C(=O)N=c2c(C#N)cc3c(=O)n4ccccc4cc3n2C(C)C)cc1[N+](=O)[O-]. The predicted molar refractivity (Wildman–Crippen MR) is 122 cm³/mol. The third-order valence-corrected chi connectivity index (χ3v) is 5.42. The molecule has 4 rings (SSSR count). The van der Waals surface area contributed by atoms with Crippen molar-refractivity contribution in [1.29, 1.82) is 5.26 Å². The number of rotatable bonds is 3. The first-order valence-electron chi connectivity index (χ1n) is 10.2. The van der Waals surface area contributed by atoms with Crippen molar-refractivity contribution in [2.75, 3.05) is 0 Å². The minimum atomic E-state index is -0.721. The zero-order valence-corrected chi connectivity index (χ0v) is 18.1. The molecule has 0 N–H and O–H groups in total. The van der Waals surface area contributed by atoms with Crippen LogP contribution in [-0.4, -0.2) is 19.8 Å². The van der Waals surface area contributed by atoms with Crippen LogP contribution in [-0.2, 0) is 0 Å². The lowest BCUT2D eigenvalue weighted by atomic mass is 10.1. The fraction of sp³-hybridized carbons (Fsp3) is 0.167. The van der Waals surface area contributed by atoms with E-state index in [0.717, 1.165) is 0 Å². The quantitative estimate of drug-likeness (QED) is 0.273. The van der Waals surface area contributed by atoms with Gasteiger partial charge in [-0.05, 0) is 51.1 Å².